The second kappa shape index (κ2) is 9.32. The van der Waals surface area contributed by atoms with Crippen LogP contribution < -0.4 is 10.6 Å². The molecule has 0 radical (unpaired) electrons. The van der Waals surface area contributed by atoms with E-state index in [0.29, 0.717) is 33.2 Å². The van der Waals surface area contributed by atoms with Gasteiger partial charge < -0.3 is 10.2 Å². The normalized spacial score (nSPS) is 14.7. The number of H-pyrrole nitrogens is 1. The molecular weight excluding hydrogens is 468 g/mol. The molecule has 0 atom stereocenters. The minimum absolute atomic E-state index is 0.0124. The molecule has 1 fully saturated rings. The molecule has 0 saturated carbocycles. The molecule has 11 nitrogen and oxygen atoms in total. The Morgan fingerprint density at radius 1 is 1.23 bits per heavy atom. The zero-order valence-corrected chi connectivity index (χ0v) is 20.0. The van der Waals surface area contributed by atoms with Crippen LogP contribution in [0, 0.1) is 11.3 Å². The van der Waals surface area contributed by atoms with E-state index in [0.717, 1.165) is 31.3 Å². The highest BCUT2D eigenvalue weighted by Crippen LogP contribution is 2.34. The van der Waals surface area contributed by atoms with Gasteiger partial charge in [0.2, 0.25) is 0 Å². The van der Waals surface area contributed by atoms with Crippen molar-refractivity contribution in [2.75, 3.05) is 25.5 Å². The second-order valence-corrected chi connectivity index (χ2v) is 8.98. The van der Waals surface area contributed by atoms with Crippen LogP contribution in [0.4, 0.5) is 10.6 Å². The highest BCUT2D eigenvalue weighted by molar-refractivity contribution is 6.35. The number of benzene rings is 1. The van der Waals surface area contributed by atoms with Gasteiger partial charge in [-0.2, -0.15) is 15.5 Å². The van der Waals surface area contributed by atoms with Crippen molar-refractivity contribution in [2.24, 2.45) is 7.05 Å². The summed E-state index contributed by atoms with van der Waals surface area (Å²) in [6.07, 6.45) is 5.16. The topological polar surface area (TPSA) is 140 Å². The quantitative estimate of drug-likeness (QED) is 0.399. The number of halogens is 1. The average molecular weight is 491 g/mol. The Kier molecular flexibility index (Phi) is 6.07. The molecule has 0 bridgehead atoms. The molecule has 1 aliphatic heterocycles. The van der Waals surface area contributed by atoms with Crippen LogP contribution in [0.5, 0.6) is 0 Å². The summed E-state index contributed by atoms with van der Waals surface area (Å²) in [5.41, 5.74) is 2.72. The third kappa shape index (κ3) is 4.66. The van der Waals surface area contributed by atoms with Gasteiger partial charge in [-0.3, -0.25) is 15.1 Å². The van der Waals surface area contributed by atoms with Gasteiger partial charge in [0.25, 0.3) is 0 Å². The summed E-state index contributed by atoms with van der Waals surface area (Å²) in [6, 6.07) is 7.08. The number of carbonyl (C=O) groups is 1. The number of nitrogens with one attached hydrogen (secondary N) is 3. The number of hydrogen-bond donors (Lipinski definition) is 3. The number of aryl methyl sites for hydroxylation is 1. The molecule has 3 aromatic heterocycles. The van der Waals surface area contributed by atoms with Crippen molar-refractivity contribution in [3.8, 4) is 28.7 Å². The third-order valence-electron chi connectivity index (χ3n) is 6.02. The fourth-order valence-electron chi connectivity index (χ4n) is 4.15. The van der Waals surface area contributed by atoms with Crippen LogP contribution in [0.25, 0.3) is 33.5 Å². The van der Waals surface area contributed by atoms with Gasteiger partial charge >= 0.3 is 6.03 Å². The smallest absolute Gasteiger partial charge is 0.320 e. The van der Waals surface area contributed by atoms with E-state index >= 15 is 0 Å². The zero-order valence-electron chi connectivity index (χ0n) is 19.2. The lowest BCUT2D eigenvalue weighted by Crippen LogP contribution is -2.45. The van der Waals surface area contributed by atoms with Gasteiger partial charge in [0.05, 0.1) is 16.7 Å². The molecule has 35 heavy (non-hydrogen) atoms. The summed E-state index contributed by atoms with van der Waals surface area (Å²) in [5, 5.41) is 28.1. The first-order chi connectivity index (χ1) is 16.9. The first-order valence-electron chi connectivity index (χ1n) is 11.1. The maximum absolute atomic E-state index is 12.7. The lowest BCUT2D eigenvalue weighted by Gasteiger charge is -2.29. The minimum atomic E-state index is -0.423. The summed E-state index contributed by atoms with van der Waals surface area (Å²) < 4.78 is 1.64. The Hall–Kier alpha value is -4.01. The number of fused-ring (bicyclic) bond motifs is 1. The lowest BCUT2D eigenvalue weighted by atomic mass is 10.1. The van der Waals surface area contributed by atoms with E-state index in [1.165, 1.54) is 0 Å². The third-order valence-corrected chi connectivity index (χ3v) is 6.32. The van der Waals surface area contributed by atoms with Gasteiger partial charge in [-0.1, -0.05) is 11.6 Å². The van der Waals surface area contributed by atoms with Gasteiger partial charge in [-0.15, -0.1) is 0 Å². The van der Waals surface area contributed by atoms with Crippen LogP contribution >= 0.6 is 11.6 Å². The lowest BCUT2D eigenvalue weighted by molar-refractivity contribution is 0.221. The molecule has 5 rings (SSSR count). The molecule has 2 amide bonds. The monoisotopic (exact) mass is 490 g/mol. The predicted molar refractivity (Wildman–Crippen MR) is 132 cm³/mol. The van der Waals surface area contributed by atoms with E-state index < -0.39 is 6.03 Å². The Bertz CT molecular complexity index is 1440. The summed E-state index contributed by atoms with van der Waals surface area (Å²) in [6.45, 7) is 1.83. The molecule has 4 heterocycles. The Morgan fingerprint density at radius 3 is 2.74 bits per heavy atom. The number of rotatable bonds is 4. The van der Waals surface area contributed by atoms with Crippen LogP contribution in [-0.2, 0) is 7.05 Å². The van der Waals surface area contributed by atoms with Crippen LogP contribution in [0.1, 0.15) is 18.5 Å². The van der Waals surface area contributed by atoms with Gasteiger partial charge in [0.1, 0.15) is 23.2 Å². The predicted octanol–water partition coefficient (Wildman–Crippen LogP) is 3.16. The molecule has 0 aliphatic carbocycles. The van der Waals surface area contributed by atoms with E-state index in [1.807, 2.05) is 6.07 Å². The van der Waals surface area contributed by atoms with Crippen molar-refractivity contribution < 1.29 is 4.79 Å². The second-order valence-electron chi connectivity index (χ2n) is 8.57. The largest absolute Gasteiger partial charge is 0.335 e. The van der Waals surface area contributed by atoms with Crippen molar-refractivity contribution in [1.29, 1.82) is 5.26 Å². The number of nitrogens with zero attached hydrogens (tertiary/aromatic N) is 7. The highest BCUT2D eigenvalue weighted by Gasteiger charge is 2.23. The molecule has 0 spiro atoms. The van der Waals surface area contributed by atoms with E-state index in [9.17, 15) is 10.1 Å². The van der Waals surface area contributed by atoms with Crippen molar-refractivity contribution >= 4 is 34.4 Å². The summed E-state index contributed by atoms with van der Waals surface area (Å²) >= 11 is 6.46. The van der Waals surface area contributed by atoms with Gasteiger partial charge in [0, 0.05) is 30.2 Å². The van der Waals surface area contributed by atoms with E-state index in [1.54, 1.807) is 36.3 Å². The number of carbonyl (C=O) groups excluding carboxylic acids is 1. The Labute approximate surface area is 206 Å². The van der Waals surface area contributed by atoms with E-state index in [-0.39, 0.29) is 17.6 Å². The van der Waals surface area contributed by atoms with Crippen LogP contribution in [0.2, 0.25) is 5.02 Å². The fraction of sp³-hybridized carbons (Fsp3) is 0.304. The number of piperidine rings is 1. The molecular formula is C23H23ClN10O. The molecule has 1 aliphatic rings. The Morgan fingerprint density at radius 2 is 2.03 bits per heavy atom. The number of amides is 2. The average Bonchev–Trinajstić information content (AvgIpc) is 3.49. The number of aromatic amines is 1. The van der Waals surface area contributed by atoms with E-state index in [4.69, 9.17) is 11.6 Å². The van der Waals surface area contributed by atoms with Crippen molar-refractivity contribution in [2.45, 2.75) is 18.9 Å². The van der Waals surface area contributed by atoms with Crippen molar-refractivity contribution in [1.82, 2.24) is 40.2 Å². The first kappa shape index (κ1) is 22.8. The van der Waals surface area contributed by atoms with Gasteiger partial charge in [-0.05, 0) is 51.2 Å². The number of nitriles is 1. The minimum Gasteiger partial charge on any atom is -0.335 e. The summed E-state index contributed by atoms with van der Waals surface area (Å²) in [7, 11) is 3.85. The van der Waals surface area contributed by atoms with Crippen LogP contribution in [0.3, 0.4) is 0 Å². The highest BCUT2D eigenvalue weighted by atomic mass is 35.5. The van der Waals surface area contributed by atoms with Gasteiger partial charge in [0.15, 0.2) is 11.5 Å². The standard InChI is InChI=1S/C23H23ClN10O/c1-33-6-3-15(4-7-33)27-23(35)30-22-18(11-25)28-20(21(29-22)17-5-8-34(2)32-17)13-9-14-12-26-31-19(14)16(24)10-13/h5,8-10,12,15H,3-4,6-7H2,1-2H3,(H,26,31)(H2,27,29,30,35). The summed E-state index contributed by atoms with van der Waals surface area (Å²) in [4.78, 5) is 24.2. The van der Waals surface area contributed by atoms with E-state index in [2.05, 4.69) is 53.9 Å². The number of urea groups is 1. The zero-order chi connectivity index (χ0) is 24.5. The maximum Gasteiger partial charge on any atom is 0.320 e. The van der Waals surface area contributed by atoms with Crippen LogP contribution in [-0.4, -0.2) is 67.1 Å². The number of hydrogen-bond acceptors (Lipinski definition) is 7. The molecule has 3 N–H and O–H groups in total. The number of likely N-dealkylation sites (tertiary alicyclic amines) is 1. The number of anilines is 1. The number of aromatic nitrogens is 6. The molecule has 1 saturated heterocycles. The SMILES string of the molecule is CN1CCC(NC(=O)Nc2nc(-c3ccn(C)n3)c(-c3cc(Cl)c4[nH]ncc4c3)nc2C#N)CC1. The molecule has 178 valence electrons. The molecule has 1 aromatic carbocycles. The summed E-state index contributed by atoms with van der Waals surface area (Å²) in [5.74, 6) is 0.0674. The van der Waals surface area contributed by atoms with Gasteiger partial charge in [-0.25, -0.2) is 14.8 Å². The Balaban J connectivity index is 1.54. The van der Waals surface area contributed by atoms with Crippen molar-refractivity contribution in [3.63, 3.8) is 0 Å². The fourth-order valence-corrected chi connectivity index (χ4v) is 4.42. The molecule has 12 heteroatoms. The molecule has 4 aromatic rings. The molecule has 0 unspecified atom stereocenters. The van der Waals surface area contributed by atoms with Crippen LogP contribution in [0.15, 0.2) is 30.6 Å². The maximum atomic E-state index is 12.7. The first-order valence-corrected chi connectivity index (χ1v) is 11.5. The van der Waals surface area contributed by atoms with Crippen molar-refractivity contribution in [3.05, 3.63) is 41.3 Å².